The van der Waals surface area contributed by atoms with Crippen LogP contribution in [0.25, 0.3) is 0 Å². The Morgan fingerprint density at radius 1 is 1.18 bits per heavy atom. The van der Waals surface area contributed by atoms with Crippen molar-refractivity contribution in [2.24, 2.45) is 11.7 Å². The van der Waals surface area contributed by atoms with Gasteiger partial charge < -0.3 is 5.73 Å². The summed E-state index contributed by atoms with van der Waals surface area (Å²) in [6, 6.07) is 8.01. The largest absolute Gasteiger partial charge is 0.323 e. The second kappa shape index (κ2) is 6.31. The summed E-state index contributed by atoms with van der Waals surface area (Å²) in [5.41, 5.74) is 8.38. The SMILES string of the molecule is Cc1ccc(C(N)CS(=O)C(C)C(C)C)cc1. The van der Waals surface area contributed by atoms with Gasteiger partial charge in [0.1, 0.15) is 0 Å². The van der Waals surface area contributed by atoms with Gasteiger partial charge >= 0.3 is 0 Å². The van der Waals surface area contributed by atoms with E-state index >= 15 is 0 Å². The van der Waals surface area contributed by atoms with Crippen molar-refractivity contribution in [3.63, 3.8) is 0 Å². The molecule has 0 fully saturated rings. The van der Waals surface area contributed by atoms with E-state index in [1.54, 1.807) is 0 Å². The highest BCUT2D eigenvalue weighted by atomic mass is 32.2. The average molecular weight is 253 g/mol. The van der Waals surface area contributed by atoms with E-state index in [4.69, 9.17) is 5.73 Å². The van der Waals surface area contributed by atoms with Crippen molar-refractivity contribution in [1.82, 2.24) is 0 Å². The number of nitrogens with two attached hydrogens (primary N) is 1. The molecule has 0 aliphatic carbocycles. The summed E-state index contributed by atoms with van der Waals surface area (Å²) in [6.07, 6.45) is 0. The van der Waals surface area contributed by atoms with Crippen molar-refractivity contribution in [3.8, 4) is 0 Å². The molecule has 0 heterocycles. The monoisotopic (exact) mass is 253 g/mol. The Morgan fingerprint density at radius 3 is 2.18 bits per heavy atom. The third-order valence-electron chi connectivity index (χ3n) is 3.20. The zero-order valence-corrected chi connectivity index (χ0v) is 12.0. The van der Waals surface area contributed by atoms with Gasteiger partial charge in [-0.1, -0.05) is 50.6 Å². The van der Waals surface area contributed by atoms with Gasteiger partial charge in [-0.3, -0.25) is 4.21 Å². The van der Waals surface area contributed by atoms with E-state index < -0.39 is 10.8 Å². The molecule has 2 nitrogen and oxygen atoms in total. The quantitative estimate of drug-likeness (QED) is 0.877. The second-order valence-electron chi connectivity index (χ2n) is 5.01. The fraction of sp³-hybridized carbons (Fsp3) is 0.571. The Kier molecular flexibility index (Phi) is 5.34. The lowest BCUT2D eigenvalue weighted by molar-refractivity contribution is 0.601. The number of hydrogen-bond donors (Lipinski definition) is 1. The van der Waals surface area contributed by atoms with E-state index in [0.717, 1.165) is 5.56 Å². The van der Waals surface area contributed by atoms with Crippen molar-refractivity contribution in [2.45, 2.75) is 39.0 Å². The van der Waals surface area contributed by atoms with E-state index in [9.17, 15) is 4.21 Å². The number of rotatable bonds is 5. The molecule has 0 saturated heterocycles. The molecule has 1 aromatic rings. The highest BCUT2D eigenvalue weighted by Gasteiger charge is 2.18. The predicted octanol–water partition coefficient (Wildman–Crippen LogP) is 2.79. The Balaban J connectivity index is 2.63. The van der Waals surface area contributed by atoms with Crippen LogP contribution >= 0.6 is 0 Å². The normalized spacial score (nSPS) is 16.8. The predicted molar refractivity (Wildman–Crippen MR) is 75.4 cm³/mol. The van der Waals surface area contributed by atoms with Gasteiger partial charge in [-0.2, -0.15) is 0 Å². The van der Waals surface area contributed by atoms with Crippen LogP contribution in [0.3, 0.4) is 0 Å². The van der Waals surface area contributed by atoms with Crippen molar-refractivity contribution in [1.29, 1.82) is 0 Å². The lowest BCUT2D eigenvalue weighted by Crippen LogP contribution is -2.26. The number of hydrogen-bond acceptors (Lipinski definition) is 2. The van der Waals surface area contributed by atoms with E-state index in [1.165, 1.54) is 5.56 Å². The topological polar surface area (TPSA) is 43.1 Å². The lowest BCUT2D eigenvalue weighted by atomic mass is 10.1. The molecule has 0 radical (unpaired) electrons. The fourth-order valence-corrected chi connectivity index (χ4v) is 3.00. The van der Waals surface area contributed by atoms with Crippen molar-refractivity contribution in [3.05, 3.63) is 35.4 Å². The van der Waals surface area contributed by atoms with Crippen molar-refractivity contribution in [2.75, 3.05) is 5.75 Å². The molecule has 1 rings (SSSR count). The maximum atomic E-state index is 12.1. The van der Waals surface area contributed by atoms with Crippen LogP contribution in [0.4, 0.5) is 0 Å². The molecular weight excluding hydrogens is 230 g/mol. The third kappa shape index (κ3) is 4.25. The first-order chi connectivity index (χ1) is 7.91. The summed E-state index contributed by atoms with van der Waals surface area (Å²) in [4.78, 5) is 0. The van der Waals surface area contributed by atoms with Gasteiger partial charge in [0.05, 0.1) is 0 Å². The molecule has 0 amide bonds. The van der Waals surface area contributed by atoms with Crippen LogP contribution < -0.4 is 5.73 Å². The summed E-state index contributed by atoms with van der Waals surface area (Å²) in [7, 11) is -0.856. The standard InChI is InChI=1S/C14H23NOS/c1-10(2)12(4)17(16)9-14(15)13-7-5-11(3)6-8-13/h5-8,10,12,14H,9,15H2,1-4H3. The van der Waals surface area contributed by atoms with Crippen LogP contribution in [-0.4, -0.2) is 15.2 Å². The molecule has 1 aromatic carbocycles. The number of aryl methyl sites for hydroxylation is 1. The zero-order chi connectivity index (χ0) is 13.0. The van der Waals surface area contributed by atoms with Gasteiger partial charge in [-0.25, -0.2) is 0 Å². The first kappa shape index (κ1) is 14.4. The summed E-state index contributed by atoms with van der Waals surface area (Å²) in [6.45, 7) is 8.27. The van der Waals surface area contributed by atoms with Crippen LogP contribution in [0, 0.1) is 12.8 Å². The van der Waals surface area contributed by atoms with Crippen molar-refractivity contribution < 1.29 is 4.21 Å². The molecule has 3 atom stereocenters. The molecule has 3 heteroatoms. The lowest BCUT2D eigenvalue weighted by Gasteiger charge is -2.18. The molecule has 17 heavy (non-hydrogen) atoms. The Labute approximate surface area is 107 Å². The minimum absolute atomic E-state index is 0.127. The maximum absolute atomic E-state index is 12.1. The van der Waals surface area contributed by atoms with Gasteiger partial charge in [-0.15, -0.1) is 0 Å². The van der Waals surface area contributed by atoms with Gasteiger partial charge in [0, 0.05) is 27.8 Å². The molecule has 0 aromatic heterocycles. The van der Waals surface area contributed by atoms with Gasteiger partial charge in [-0.05, 0) is 18.4 Å². The molecule has 0 aliphatic rings. The fourth-order valence-electron chi connectivity index (χ4n) is 1.54. The molecule has 96 valence electrons. The second-order valence-corrected chi connectivity index (χ2v) is 6.85. The van der Waals surface area contributed by atoms with E-state index in [1.807, 2.05) is 38.1 Å². The Hall–Kier alpha value is -0.670. The van der Waals surface area contributed by atoms with Gasteiger partial charge in [0.15, 0.2) is 0 Å². The maximum Gasteiger partial charge on any atom is 0.0431 e. The van der Waals surface area contributed by atoms with E-state index in [2.05, 4.69) is 13.8 Å². The summed E-state index contributed by atoms with van der Waals surface area (Å²) >= 11 is 0. The zero-order valence-electron chi connectivity index (χ0n) is 11.1. The summed E-state index contributed by atoms with van der Waals surface area (Å²) in [5, 5.41) is 0.200. The molecule has 3 unspecified atom stereocenters. The molecule has 2 N–H and O–H groups in total. The average Bonchev–Trinajstić information content (AvgIpc) is 2.28. The Morgan fingerprint density at radius 2 is 1.71 bits per heavy atom. The minimum atomic E-state index is -0.856. The van der Waals surface area contributed by atoms with Crippen LogP contribution in [0.1, 0.15) is 37.9 Å². The minimum Gasteiger partial charge on any atom is -0.323 e. The molecular formula is C14H23NOS. The van der Waals surface area contributed by atoms with E-state index in [0.29, 0.717) is 11.7 Å². The highest BCUT2D eigenvalue weighted by molar-refractivity contribution is 7.85. The van der Waals surface area contributed by atoms with Crippen LogP contribution in [-0.2, 0) is 10.8 Å². The summed E-state index contributed by atoms with van der Waals surface area (Å²) in [5.74, 6) is 0.976. The third-order valence-corrected chi connectivity index (χ3v) is 5.26. The molecule has 0 bridgehead atoms. The van der Waals surface area contributed by atoms with Crippen LogP contribution in [0.15, 0.2) is 24.3 Å². The number of benzene rings is 1. The molecule has 0 aliphatic heterocycles. The molecule has 0 spiro atoms. The highest BCUT2D eigenvalue weighted by Crippen LogP contribution is 2.16. The first-order valence-electron chi connectivity index (χ1n) is 6.11. The first-order valence-corrected chi connectivity index (χ1v) is 7.49. The van der Waals surface area contributed by atoms with Gasteiger partial charge in [0.2, 0.25) is 0 Å². The summed E-state index contributed by atoms with van der Waals surface area (Å²) < 4.78 is 12.1. The van der Waals surface area contributed by atoms with Gasteiger partial charge in [0.25, 0.3) is 0 Å². The van der Waals surface area contributed by atoms with E-state index in [-0.39, 0.29) is 11.3 Å². The molecule has 0 saturated carbocycles. The van der Waals surface area contributed by atoms with Crippen molar-refractivity contribution >= 4 is 10.8 Å². The smallest absolute Gasteiger partial charge is 0.0431 e. The van der Waals surface area contributed by atoms with Crippen LogP contribution in [0.2, 0.25) is 0 Å². The Bertz CT molecular complexity index is 372. The van der Waals surface area contributed by atoms with Crippen LogP contribution in [0.5, 0.6) is 0 Å².